The molecule has 27 heavy (non-hydrogen) atoms. The zero-order valence-corrected chi connectivity index (χ0v) is 16.8. The van der Waals surface area contributed by atoms with Gasteiger partial charge < -0.3 is 5.32 Å². The zero-order valence-electron chi connectivity index (χ0n) is 14.4. The standard InChI is InChI=1S/C17H17ClN4O3S2/c1-21(27(24,25)15-8-5-11-26-15)10-9-19-14-12-20-22(17(23)16(14)18)13-6-3-2-4-7-13/h2-8,11-12,19H,9-10H2,1H3. The molecule has 0 fully saturated rings. The normalized spacial score (nSPS) is 11.7. The van der Waals surface area contributed by atoms with Crippen molar-refractivity contribution in [3.05, 3.63) is 69.4 Å². The van der Waals surface area contributed by atoms with E-state index in [0.717, 1.165) is 0 Å². The number of likely N-dealkylation sites (N-methyl/N-ethyl adjacent to an activating group) is 1. The lowest BCUT2D eigenvalue weighted by atomic mass is 10.3. The molecule has 3 rings (SSSR count). The molecule has 0 saturated heterocycles. The van der Waals surface area contributed by atoms with Gasteiger partial charge in [0, 0.05) is 20.1 Å². The number of anilines is 1. The molecule has 10 heteroatoms. The van der Waals surface area contributed by atoms with Crippen LogP contribution in [0.5, 0.6) is 0 Å². The van der Waals surface area contributed by atoms with Crippen LogP contribution in [0.3, 0.4) is 0 Å². The molecule has 0 spiro atoms. The Balaban J connectivity index is 1.69. The monoisotopic (exact) mass is 424 g/mol. The summed E-state index contributed by atoms with van der Waals surface area (Å²) in [5.41, 5.74) is 0.515. The summed E-state index contributed by atoms with van der Waals surface area (Å²) >= 11 is 7.34. The Kier molecular flexibility index (Phi) is 5.95. The highest BCUT2D eigenvalue weighted by Crippen LogP contribution is 2.20. The quantitative estimate of drug-likeness (QED) is 0.630. The van der Waals surface area contributed by atoms with Gasteiger partial charge in [-0.25, -0.2) is 8.42 Å². The topological polar surface area (TPSA) is 84.3 Å². The van der Waals surface area contributed by atoms with Gasteiger partial charge in [0.1, 0.15) is 9.23 Å². The van der Waals surface area contributed by atoms with Crippen LogP contribution in [-0.2, 0) is 10.0 Å². The molecular weight excluding hydrogens is 408 g/mol. The Bertz CT molecular complexity index is 1070. The molecule has 0 atom stereocenters. The first-order chi connectivity index (χ1) is 12.9. The number of aromatic nitrogens is 2. The first-order valence-electron chi connectivity index (χ1n) is 7.98. The molecule has 2 aromatic heterocycles. The molecule has 7 nitrogen and oxygen atoms in total. The molecule has 1 aromatic carbocycles. The first kappa shape index (κ1) is 19.6. The molecule has 0 saturated carbocycles. The Morgan fingerprint density at radius 3 is 2.63 bits per heavy atom. The Hall–Kier alpha value is -2.20. The van der Waals surface area contributed by atoms with Crippen molar-refractivity contribution in [2.24, 2.45) is 0 Å². The summed E-state index contributed by atoms with van der Waals surface area (Å²) in [6.07, 6.45) is 1.45. The number of halogens is 1. The van der Waals surface area contributed by atoms with E-state index < -0.39 is 15.6 Å². The van der Waals surface area contributed by atoms with Crippen LogP contribution in [0.1, 0.15) is 0 Å². The number of hydrogen-bond donors (Lipinski definition) is 1. The van der Waals surface area contributed by atoms with Crippen molar-refractivity contribution in [2.75, 3.05) is 25.5 Å². The number of benzene rings is 1. The van der Waals surface area contributed by atoms with Gasteiger partial charge in [0.05, 0.1) is 17.6 Å². The fourth-order valence-electron chi connectivity index (χ4n) is 2.34. The van der Waals surface area contributed by atoms with Crippen LogP contribution >= 0.6 is 22.9 Å². The third-order valence-electron chi connectivity index (χ3n) is 3.82. The molecule has 3 aromatic rings. The van der Waals surface area contributed by atoms with Gasteiger partial charge in [0.2, 0.25) is 0 Å². The van der Waals surface area contributed by atoms with E-state index >= 15 is 0 Å². The SMILES string of the molecule is CN(CCNc1cnn(-c2ccccc2)c(=O)c1Cl)S(=O)(=O)c1cccs1. The second kappa shape index (κ2) is 8.22. The largest absolute Gasteiger partial charge is 0.381 e. The number of para-hydroxylation sites is 1. The van der Waals surface area contributed by atoms with Crippen LogP contribution in [0.25, 0.3) is 5.69 Å². The third kappa shape index (κ3) is 4.22. The van der Waals surface area contributed by atoms with E-state index in [1.54, 1.807) is 41.8 Å². The van der Waals surface area contributed by atoms with Gasteiger partial charge >= 0.3 is 0 Å². The summed E-state index contributed by atoms with van der Waals surface area (Å²) in [6.45, 7) is 0.482. The first-order valence-corrected chi connectivity index (χ1v) is 10.7. The zero-order chi connectivity index (χ0) is 19.4. The smallest absolute Gasteiger partial charge is 0.292 e. The summed E-state index contributed by atoms with van der Waals surface area (Å²) in [4.78, 5) is 12.4. The Labute approximate surface area is 165 Å². The number of rotatable bonds is 7. The maximum absolute atomic E-state index is 12.4. The Morgan fingerprint density at radius 2 is 1.96 bits per heavy atom. The van der Waals surface area contributed by atoms with Gasteiger partial charge in [0.15, 0.2) is 0 Å². The van der Waals surface area contributed by atoms with E-state index in [1.165, 1.54) is 33.6 Å². The summed E-state index contributed by atoms with van der Waals surface area (Å²) in [5, 5.41) is 8.81. The molecule has 0 unspecified atom stereocenters. The predicted molar refractivity (Wildman–Crippen MR) is 107 cm³/mol. The van der Waals surface area contributed by atoms with Gasteiger partial charge in [-0.15, -0.1) is 11.3 Å². The van der Waals surface area contributed by atoms with Crippen molar-refractivity contribution in [1.29, 1.82) is 0 Å². The number of nitrogens with zero attached hydrogens (tertiary/aromatic N) is 3. The van der Waals surface area contributed by atoms with E-state index in [2.05, 4.69) is 10.4 Å². The fraction of sp³-hybridized carbons (Fsp3) is 0.176. The predicted octanol–water partition coefficient (Wildman–Crippen LogP) is 2.68. The van der Waals surface area contributed by atoms with Crippen molar-refractivity contribution in [3.63, 3.8) is 0 Å². The summed E-state index contributed by atoms with van der Waals surface area (Å²) in [5.74, 6) is 0. The second-order valence-electron chi connectivity index (χ2n) is 5.61. The second-order valence-corrected chi connectivity index (χ2v) is 9.21. The summed E-state index contributed by atoms with van der Waals surface area (Å²) in [6, 6.07) is 12.2. The number of sulfonamides is 1. The molecular formula is C17H17ClN4O3S2. The van der Waals surface area contributed by atoms with Crippen molar-refractivity contribution in [2.45, 2.75) is 4.21 Å². The molecule has 0 amide bonds. The van der Waals surface area contributed by atoms with Gasteiger partial charge in [-0.2, -0.15) is 14.1 Å². The van der Waals surface area contributed by atoms with Gasteiger partial charge in [-0.1, -0.05) is 35.9 Å². The highest BCUT2D eigenvalue weighted by molar-refractivity contribution is 7.91. The van der Waals surface area contributed by atoms with Gasteiger partial charge in [0.25, 0.3) is 15.6 Å². The Morgan fingerprint density at radius 1 is 1.22 bits per heavy atom. The molecule has 0 radical (unpaired) electrons. The van der Waals surface area contributed by atoms with Crippen LogP contribution in [0, 0.1) is 0 Å². The van der Waals surface area contributed by atoms with Gasteiger partial charge in [-0.3, -0.25) is 4.79 Å². The maximum atomic E-state index is 12.4. The number of hydrogen-bond acceptors (Lipinski definition) is 6. The molecule has 0 aliphatic rings. The number of nitrogens with one attached hydrogen (secondary N) is 1. The molecule has 2 heterocycles. The van der Waals surface area contributed by atoms with Crippen molar-refractivity contribution >= 4 is 38.6 Å². The minimum Gasteiger partial charge on any atom is -0.381 e. The lowest BCUT2D eigenvalue weighted by molar-refractivity contribution is 0.482. The summed E-state index contributed by atoms with van der Waals surface area (Å²) < 4.78 is 27.5. The highest BCUT2D eigenvalue weighted by Gasteiger charge is 2.21. The van der Waals surface area contributed by atoms with Crippen LogP contribution in [0.15, 0.2) is 63.0 Å². The van der Waals surface area contributed by atoms with E-state index in [0.29, 0.717) is 11.4 Å². The lowest BCUT2D eigenvalue weighted by Crippen LogP contribution is -2.31. The van der Waals surface area contributed by atoms with Crippen LogP contribution in [0.2, 0.25) is 5.02 Å². The van der Waals surface area contributed by atoms with E-state index in [4.69, 9.17) is 11.6 Å². The highest BCUT2D eigenvalue weighted by atomic mass is 35.5. The molecule has 0 aliphatic heterocycles. The van der Waals surface area contributed by atoms with E-state index in [1.807, 2.05) is 6.07 Å². The molecule has 142 valence electrons. The lowest BCUT2D eigenvalue weighted by Gasteiger charge is -2.17. The van der Waals surface area contributed by atoms with Crippen LogP contribution < -0.4 is 10.9 Å². The maximum Gasteiger partial charge on any atom is 0.292 e. The average molecular weight is 425 g/mol. The minimum absolute atomic E-state index is 0.00220. The third-order valence-corrected chi connectivity index (χ3v) is 7.42. The van der Waals surface area contributed by atoms with Crippen LogP contribution in [-0.4, -0.2) is 42.6 Å². The van der Waals surface area contributed by atoms with Crippen molar-refractivity contribution in [3.8, 4) is 5.69 Å². The number of thiophene rings is 1. The van der Waals surface area contributed by atoms with Crippen molar-refractivity contribution < 1.29 is 8.42 Å². The fourth-order valence-corrected chi connectivity index (χ4v) is 4.91. The van der Waals surface area contributed by atoms with E-state index in [-0.39, 0.29) is 22.3 Å². The van der Waals surface area contributed by atoms with E-state index in [9.17, 15) is 13.2 Å². The summed E-state index contributed by atoms with van der Waals surface area (Å²) in [7, 11) is -2.01. The van der Waals surface area contributed by atoms with Crippen molar-refractivity contribution in [1.82, 2.24) is 14.1 Å². The van der Waals surface area contributed by atoms with Crippen LogP contribution in [0.4, 0.5) is 5.69 Å². The molecule has 0 bridgehead atoms. The molecule has 1 N–H and O–H groups in total. The minimum atomic E-state index is -3.51. The van der Waals surface area contributed by atoms with Gasteiger partial charge in [-0.05, 0) is 23.6 Å². The average Bonchev–Trinajstić information content (AvgIpc) is 3.21. The molecule has 0 aliphatic carbocycles.